The third kappa shape index (κ3) is 2.02. The quantitative estimate of drug-likeness (QED) is 0.676. The molecule has 0 N–H and O–H groups in total. The Morgan fingerprint density at radius 2 is 2.05 bits per heavy atom. The third-order valence-corrected chi connectivity index (χ3v) is 4.16. The molecule has 3 aromatic rings. The molecule has 0 bridgehead atoms. The van der Waals surface area contributed by atoms with Crippen molar-refractivity contribution in [3.05, 3.63) is 41.9 Å². The van der Waals surface area contributed by atoms with E-state index in [1.165, 1.54) is 11.8 Å². The normalized spacial score (nSPS) is 10.7. The summed E-state index contributed by atoms with van der Waals surface area (Å²) in [6.07, 6.45) is 1.54. The first-order valence-electron chi connectivity index (χ1n) is 6.02. The van der Waals surface area contributed by atoms with Gasteiger partial charge in [-0.25, -0.2) is 9.97 Å². The molecular formula is C14H11N5S. The van der Waals surface area contributed by atoms with Crippen LogP contribution in [0.2, 0.25) is 0 Å². The average Bonchev–Trinajstić information content (AvgIpc) is 2.73. The predicted molar refractivity (Wildman–Crippen MR) is 76.3 cm³/mol. The van der Waals surface area contributed by atoms with Gasteiger partial charge in [0.1, 0.15) is 28.0 Å². The van der Waals surface area contributed by atoms with Gasteiger partial charge in [0.15, 0.2) is 0 Å². The van der Waals surface area contributed by atoms with Gasteiger partial charge in [-0.3, -0.25) is 4.68 Å². The minimum Gasteiger partial charge on any atom is -0.260 e. The zero-order valence-electron chi connectivity index (χ0n) is 11.0. The maximum absolute atomic E-state index is 9.25. The van der Waals surface area contributed by atoms with Gasteiger partial charge in [-0.1, -0.05) is 18.2 Å². The summed E-state index contributed by atoms with van der Waals surface area (Å²) in [5.74, 6) is 0. The molecule has 6 heteroatoms. The van der Waals surface area contributed by atoms with E-state index in [0.29, 0.717) is 5.56 Å². The number of para-hydroxylation sites is 1. The van der Waals surface area contributed by atoms with Gasteiger partial charge >= 0.3 is 0 Å². The number of aromatic nitrogens is 4. The van der Waals surface area contributed by atoms with Crippen LogP contribution in [-0.4, -0.2) is 19.7 Å². The summed E-state index contributed by atoms with van der Waals surface area (Å²) >= 11 is 1.44. The van der Waals surface area contributed by atoms with Gasteiger partial charge in [0.05, 0.1) is 11.2 Å². The molecule has 0 saturated carbocycles. The summed E-state index contributed by atoms with van der Waals surface area (Å²) in [6, 6.07) is 10.0. The monoisotopic (exact) mass is 281 g/mol. The van der Waals surface area contributed by atoms with E-state index >= 15 is 0 Å². The number of nitriles is 1. The Morgan fingerprint density at radius 1 is 1.25 bits per heavy atom. The van der Waals surface area contributed by atoms with Crippen LogP contribution in [0.4, 0.5) is 0 Å². The molecule has 0 unspecified atom stereocenters. The largest absolute Gasteiger partial charge is 0.260 e. The summed E-state index contributed by atoms with van der Waals surface area (Å²) in [5, 5.41) is 16.1. The summed E-state index contributed by atoms with van der Waals surface area (Å²) < 4.78 is 1.72. The maximum Gasteiger partial charge on any atom is 0.118 e. The summed E-state index contributed by atoms with van der Waals surface area (Å²) in [6.45, 7) is 1.83. The fourth-order valence-electron chi connectivity index (χ4n) is 2.04. The van der Waals surface area contributed by atoms with Crippen molar-refractivity contribution in [3.63, 3.8) is 0 Å². The van der Waals surface area contributed by atoms with Gasteiger partial charge < -0.3 is 0 Å². The Hall–Kier alpha value is -2.39. The first kappa shape index (κ1) is 12.6. The Labute approximate surface area is 120 Å². The van der Waals surface area contributed by atoms with Gasteiger partial charge in [0.25, 0.3) is 0 Å². The van der Waals surface area contributed by atoms with E-state index in [0.717, 1.165) is 26.6 Å². The molecule has 0 fully saturated rings. The number of benzene rings is 1. The minimum atomic E-state index is 0.597. The number of hydrogen-bond donors (Lipinski definition) is 0. The zero-order chi connectivity index (χ0) is 14.1. The van der Waals surface area contributed by atoms with E-state index in [9.17, 15) is 5.26 Å². The predicted octanol–water partition coefficient (Wildman–Crippen LogP) is 2.69. The van der Waals surface area contributed by atoms with Crippen LogP contribution in [0.1, 0.15) is 11.3 Å². The Kier molecular flexibility index (Phi) is 3.12. The van der Waals surface area contributed by atoms with Crippen LogP contribution in [0.15, 0.2) is 40.6 Å². The molecule has 1 aromatic carbocycles. The molecule has 0 radical (unpaired) electrons. The van der Waals surface area contributed by atoms with Gasteiger partial charge in [0, 0.05) is 12.4 Å². The number of hydrogen-bond acceptors (Lipinski definition) is 5. The van der Waals surface area contributed by atoms with Gasteiger partial charge in [-0.2, -0.15) is 10.4 Å². The highest BCUT2D eigenvalue weighted by atomic mass is 32.2. The molecule has 5 nitrogen and oxygen atoms in total. The number of fused-ring (bicyclic) bond motifs is 1. The lowest BCUT2D eigenvalue weighted by Gasteiger charge is -2.05. The van der Waals surface area contributed by atoms with Gasteiger partial charge in [-0.05, 0) is 24.8 Å². The number of aryl methyl sites for hydroxylation is 2. The molecule has 98 valence electrons. The van der Waals surface area contributed by atoms with Crippen molar-refractivity contribution < 1.29 is 0 Å². The second-order valence-electron chi connectivity index (χ2n) is 4.30. The molecule has 2 heterocycles. The van der Waals surface area contributed by atoms with Crippen molar-refractivity contribution in [2.24, 2.45) is 7.05 Å². The maximum atomic E-state index is 9.25. The van der Waals surface area contributed by atoms with Crippen LogP contribution in [0, 0.1) is 18.3 Å². The molecule has 0 atom stereocenters. The van der Waals surface area contributed by atoms with Crippen molar-refractivity contribution in [2.45, 2.75) is 17.0 Å². The molecule has 0 amide bonds. The number of nitrogens with zero attached hydrogens (tertiary/aromatic N) is 5. The van der Waals surface area contributed by atoms with Crippen LogP contribution in [0.25, 0.3) is 10.9 Å². The molecule has 20 heavy (non-hydrogen) atoms. The summed E-state index contributed by atoms with van der Waals surface area (Å²) in [7, 11) is 1.83. The van der Waals surface area contributed by atoms with Crippen LogP contribution in [-0.2, 0) is 7.05 Å². The lowest BCUT2D eigenvalue weighted by Crippen LogP contribution is -1.94. The van der Waals surface area contributed by atoms with Crippen molar-refractivity contribution in [3.8, 4) is 6.07 Å². The van der Waals surface area contributed by atoms with Crippen molar-refractivity contribution in [1.82, 2.24) is 19.7 Å². The Balaban J connectivity index is 2.13. The smallest absolute Gasteiger partial charge is 0.118 e. The lowest BCUT2D eigenvalue weighted by atomic mass is 10.2. The second kappa shape index (κ2) is 4.94. The van der Waals surface area contributed by atoms with Crippen molar-refractivity contribution in [1.29, 1.82) is 5.26 Å². The molecule has 3 rings (SSSR count). The summed E-state index contributed by atoms with van der Waals surface area (Å²) in [4.78, 5) is 8.57. The molecule has 0 aliphatic heterocycles. The zero-order valence-corrected chi connectivity index (χ0v) is 11.8. The fraction of sp³-hybridized carbons (Fsp3) is 0.143. The Morgan fingerprint density at radius 3 is 2.85 bits per heavy atom. The minimum absolute atomic E-state index is 0.597. The van der Waals surface area contributed by atoms with E-state index in [4.69, 9.17) is 0 Å². The fourth-order valence-corrected chi connectivity index (χ4v) is 3.07. The molecule has 0 spiro atoms. The first-order chi connectivity index (χ1) is 9.70. The van der Waals surface area contributed by atoms with E-state index in [2.05, 4.69) is 21.1 Å². The molecule has 0 aliphatic carbocycles. The molecular weight excluding hydrogens is 270 g/mol. The summed E-state index contributed by atoms with van der Waals surface area (Å²) in [5.41, 5.74) is 2.22. The van der Waals surface area contributed by atoms with E-state index in [1.54, 1.807) is 11.0 Å². The number of rotatable bonds is 2. The standard InChI is InChI=1S/C14H11N5S/c1-9-11(7-15)14(19(2)18-9)20-13-10-5-3-4-6-12(10)16-8-17-13/h3-6,8H,1-2H3. The Bertz CT molecular complexity index is 826. The molecule has 0 aliphatic rings. The average molecular weight is 281 g/mol. The van der Waals surface area contributed by atoms with Crippen LogP contribution in [0.3, 0.4) is 0 Å². The topological polar surface area (TPSA) is 67.4 Å². The van der Waals surface area contributed by atoms with Crippen molar-refractivity contribution in [2.75, 3.05) is 0 Å². The second-order valence-corrected chi connectivity index (χ2v) is 5.28. The third-order valence-electron chi connectivity index (χ3n) is 2.98. The molecule has 0 saturated heterocycles. The SMILES string of the molecule is Cc1nn(C)c(Sc2ncnc3ccccc23)c1C#N. The van der Waals surface area contributed by atoms with Crippen LogP contribution < -0.4 is 0 Å². The van der Waals surface area contributed by atoms with E-state index in [-0.39, 0.29) is 0 Å². The van der Waals surface area contributed by atoms with Gasteiger partial charge in [-0.15, -0.1) is 0 Å². The van der Waals surface area contributed by atoms with E-state index in [1.807, 2.05) is 38.2 Å². The first-order valence-corrected chi connectivity index (χ1v) is 6.83. The highest BCUT2D eigenvalue weighted by Crippen LogP contribution is 2.33. The van der Waals surface area contributed by atoms with Crippen molar-refractivity contribution >= 4 is 22.7 Å². The van der Waals surface area contributed by atoms with Gasteiger partial charge in [0.2, 0.25) is 0 Å². The molecule has 2 aromatic heterocycles. The highest BCUT2D eigenvalue weighted by Gasteiger charge is 2.16. The highest BCUT2D eigenvalue weighted by molar-refractivity contribution is 7.99. The van der Waals surface area contributed by atoms with E-state index < -0.39 is 0 Å². The van der Waals surface area contributed by atoms with Crippen LogP contribution >= 0.6 is 11.8 Å². The van der Waals surface area contributed by atoms with Crippen LogP contribution in [0.5, 0.6) is 0 Å². The lowest BCUT2D eigenvalue weighted by molar-refractivity contribution is 0.691.